The predicted octanol–water partition coefficient (Wildman–Crippen LogP) is 1.45. The Morgan fingerprint density at radius 3 is 2.35 bits per heavy atom. The molecule has 1 aliphatic heterocycles. The van der Waals surface area contributed by atoms with Crippen LogP contribution in [0.1, 0.15) is 46.0 Å². The van der Waals surface area contributed by atoms with Crippen molar-refractivity contribution >= 4 is 5.97 Å². The monoisotopic (exact) mass is 240 g/mol. The van der Waals surface area contributed by atoms with Gasteiger partial charge < -0.3 is 10.4 Å². The van der Waals surface area contributed by atoms with Crippen LogP contribution in [0, 0.1) is 0 Å². The molecule has 4 heteroatoms. The maximum atomic E-state index is 11.3. The van der Waals surface area contributed by atoms with Gasteiger partial charge in [-0.2, -0.15) is 0 Å². The Morgan fingerprint density at radius 2 is 1.88 bits per heavy atom. The molecule has 2 fully saturated rings. The van der Waals surface area contributed by atoms with Gasteiger partial charge in [0, 0.05) is 24.7 Å². The second kappa shape index (κ2) is 5.36. The number of carbonyl (C=O) groups is 1. The van der Waals surface area contributed by atoms with E-state index in [1.54, 1.807) is 0 Å². The molecule has 2 aliphatic rings. The number of nitrogens with one attached hydrogen (secondary N) is 1. The van der Waals surface area contributed by atoms with Gasteiger partial charge in [-0.25, -0.2) is 0 Å². The fourth-order valence-electron chi connectivity index (χ4n) is 2.78. The van der Waals surface area contributed by atoms with Crippen LogP contribution in [-0.2, 0) is 4.79 Å². The maximum absolute atomic E-state index is 11.3. The lowest BCUT2D eigenvalue weighted by Gasteiger charge is -2.40. The zero-order valence-corrected chi connectivity index (χ0v) is 10.9. The quantitative estimate of drug-likeness (QED) is 0.764. The van der Waals surface area contributed by atoms with E-state index in [0.717, 1.165) is 12.8 Å². The first-order valence-electron chi connectivity index (χ1n) is 6.82. The molecule has 0 aromatic carbocycles. The van der Waals surface area contributed by atoms with E-state index in [9.17, 15) is 9.90 Å². The smallest absolute Gasteiger partial charge is 0.322 e. The van der Waals surface area contributed by atoms with E-state index in [1.165, 1.54) is 19.3 Å². The van der Waals surface area contributed by atoms with Crippen molar-refractivity contribution < 1.29 is 9.90 Å². The van der Waals surface area contributed by atoms with Crippen molar-refractivity contribution in [2.45, 2.75) is 70.1 Å². The second-order valence-corrected chi connectivity index (χ2v) is 5.66. The molecule has 0 radical (unpaired) electrons. The van der Waals surface area contributed by atoms with Crippen molar-refractivity contribution in [2.75, 3.05) is 6.54 Å². The molecule has 3 atom stereocenters. The summed E-state index contributed by atoms with van der Waals surface area (Å²) in [6, 6.07) is 1.08. The van der Waals surface area contributed by atoms with Gasteiger partial charge in [0.2, 0.25) is 0 Å². The highest BCUT2D eigenvalue weighted by molar-refractivity contribution is 5.73. The van der Waals surface area contributed by atoms with Gasteiger partial charge in [0.25, 0.3) is 0 Å². The van der Waals surface area contributed by atoms with Crippen molar-refractivity contribution in [3.05, 3.63) is 0 Å². The number of hydrogen-bond acceptors (Lipinski definition) is 3. The first-order chi connectivity index (χ1) is 8.08. The van der Waals surface area contributed by atoms with Crippen LogP contribution < -0.4 is 5.32 Å². The summed E-state index contributed by atoms with van der Waals surface area (Å²) in [6.45, 7) is 5.07. The zero-order valence-electron chi connectivity index (χ0n) is 10.9. The Kier molecular flexibility index (Phi) is 4.05. The first kappa shape index (κ1) is 12.8. The molecule has 0 aromatic rings. The molecule has 0 aromatic heterocycles. The number of carboxylic acids is 1. The minimum atomic E-state index is -0.707. The van der Waals surface area contributed by atoms with Crippen LogP contribution in [0.25, 0.3) is 0 Å². The largest absolute Gasteiger partial charge is 0.480 e. The molecular weight excluding hydrogens is 216 g/mol. The highest BCUT2D eigenvalue weighted by Gasteiger charge is 2.33. The second-order valence-electron chi connectivity index (χ2n) is 5.66. The molecule has 1 heterocycles. The van der Waals surface area contributed by atoms with Crippen LogP contribution in [0.2, 0.25) is 0 Å². The van der Waals surface area contributed by atoms with Crippen LogP contribution in [0.5, 0.6) is 0 Å². The lowest BCUT2D eigenvalue weighted by molar-refractivity contribution is -0.140. The van der Waals surface area contributed by atoms with Crippen molar-refractivity contribution in [3.8, 4) is 0 Å². The summed E-state index contributed by atoms with van der Waals surface area (Å²) < 4.78 is 0. The highest BCUT2D eigenvalue weighted by Crippen LogP contribution is 2.24. The average Bonchev–Trinajstić information content (AvgIpc) is 3.05. The molecule has 0 bridgehead atoms. The van der Waals surface area contributed by atoms with Crippen LogP contribution >= 0.6 is 0 Å². The summed E-state index contributed by atoms with van der Waals surface area (Å²) >= 11 is 0. The number of nitrogens with zero attached hydrogens (tertiary/aromatic N) is 1. The summed E-state index contributed by atoms with van der Waals surface area (Å²) in [4.78, 5) is 13.6. The lowest BCUT2D eigenvalue weighted by Crippen LogP contribution is -2.53. The molecule has 1 saturated heterocycles. The van der Waals surface area contributed by atoms with Gasteiger partial charge in [-0.05, 0) is 39.5 Å². The minimum Gasteiger partial charge on any atom is -0.480 e. The van der Waals surface area contributed by atoms with Gasteiger partial charge in [-0.1, -0.05) is 6.42 Å². The van der Waals surface area contributed by atoms with Gasteiger partial charge in [0.15, 0.2) is 0 Å². The number of piperidine rings is 1. The van der Waals surface area contributed by atoms with E-state index in [4.69, 9.17) is 0 Å². The maximum Gasteiger partial charge on any atom is 0.322 e. The number of carboxylic acid groups (broad SMARTS) is 1. The molecule has 0 spiro atoms. The van der Waals surface area contributed by atoms with Gasteiger partial charge in [-0.15, -0.1) is 0 Å². The Morgan fingerprint density at radius 1 is 1.29 bits per heavy atom. The number of hydrogen-bond donors (Lipinski definition) is 2. The van der Waals surface area contributed by atoms with Crippen molar-refractivity contribution in [3.63, 3.8) is 0 Å². The molecule has 1 saturated carbocycles. The third kappa shape index (κ3) is 3.42. The van der Waals surface area contributed by atoms with Gasteiger partial charge in [-0.3, -0.25) is 9.69 Å². The average molecular weight is 240 g/mol. The molecule has 17 heavy (non-hydrogen) atoms. The Balaban J connectivity index is 1.92. The van der Waals surface area contributed by atoms with E-state index in [1.807, 2.05) is 0 Å². The molecular formula is C13H24N2O2. The normalized spacial score (nSPS) is 32.4. The SMILES string of the molecule is C[C@@H]1CCC[C@H](C)N1CC(NC1CC1)C(=O)O. The molecule has 2 N–H and O–H groups in total. The van der Waals surface area contributed by atoms with Crippen LogP contribution in [-0.4, -0.2) is 46.7 Å². The van der Waals surface area contributed by atoms with E-state index < -0.39 is 12.0 Å². The number of aliphatic carboxylic acids is 1. The van der Waals surface area contributed by atoms with Crippen LogP contribution in [0.3, 0.4) is 0 Å². The molecule has 4 nitrogen and oxygen atoms in total. The summed E-state index contributed by atoms with van der Waals surface area (Å²) in [7, 11) is 0. The van der Waals surface area contributed by atoms with Gasteiger partial charge >= 0.3 is 5.97 Å². The standard InChI is InChI=1S/C13H24N2O2/c1-9-4-3-5-10(2)15(9)8-12(13(16)17)14-11-6-7-11/h9-12,14H,3-8H2,1-2H3,(H,16,17)/t9-,10+,12?. The molecule has 98 valence electrons. The van der Waals surface area contributed by atoms with E-state index >= 15 is 0 Å². The molecule has 1 aliphatic carbocycles. The topological polar surface area (TPSA) is 52.6 Å². The summed E-state index contributed by atoms with van der Waals surface area (Å²) in [5, 5.41) is 12.5. The molecule has 0 amide bonds. The highest BCUT2D eigenvalue weighted by atomic mass is 16.4. The van der Waals surface area contributed by atoms with Crippen molar-refractivity contribution in [1.82, 2.24) is 10.2 Å². The van der Waals surface area contributed by atoms with Crippen LogP contribution in [0.4, 0.5) is 0 Å². The van der Waals surface area contributed by atoms with E-state index in [2.05, 4.69) is 24.1 Å². The predicted molar refractivity (Wildman–Crippen MR) is 67.1 cm³/mol. The minimum absolute atomic E-state index is 0.398. The number of likely N-dealkylation sites (tertiary alicyclic amines) is 1. The van der Waals surface area contributed by atoms with Gasteiger partial charge in [0.05, 0.1) is 0 Å². The fourth-order valence-corrected chi connectivity index (χ4v) is 2.78. The Bertz CT molecular complexity index is 269. The van der Waals surface area contributed by atoms with Gasteiger partial charge in [0.1, 0.15) is 6.04 Å². The fraction of sp³-hybridized carbons (Fsp3) is 0.923. The third-order valence-electron chi connectivity index (χ3n) is 4.08. The van der Waals surface area contributed by atoms with Crippen LogP contribution in [0.15, 0.2) is 0 Å². The summed E-state index contributed by atoms with van der Waals surface area (Å²) in [5.41, 5.74) is 0. The molecule has 1 unspecified atom stereocenters. The number of rotatable bonds is 5. The summed E-state index contributed by atoms with van der Waals surface area (Å²) in [5.74, 6) is -0.707. The Labute approximate surface area is 103 Å². The zero-order chi connectivity index (χ0) is 12.4. The van der Waals surface area contributed by atoms with Crippen molar-refractivity contribution in [2.24, 2.45) is 0 Å². The Hall–Kier alpha value is -0.610. The lowest BCUT2D eigenvalue weighted by atomic mass is 9.97. The summed E-state index contributed by atoms with van der Waals surface area (Å²) in [6.07, 6.45) is 5.93. The van der Waals surface area contributed by atoms with E-state index in [0.29, 0.717) is 24.7 Å². The van der Waals surface area contributed by atoms with E-state index in [-0.39, 0.29) is 0 Å². The molecule has 2 rings (SSSR count). The van der Waals surface area contributed by atoms with Crippen molar-refractivity contribution in [1.29, 1.82) is 0 Å². The first-order valence-corrected chi connectivity index (χ1v) is 6.82. The third-order valence-corrected chi connectivity index (χ3v) is 4.08.